The Morgan fingerprint density at radius 1 is 1.17 bits per heavy atom. The van der Waals surface area contributed by atoms with Gasteiger partial charge >= 0.3 is 5.69 Å². The van der Waals surface area contributed by atoms with Gasteiger partial charge in [0, 0.05) is 11.8 Å². The molecule has 3 aromatic rings. The number of rotatable bonds is 2. The summed E-state index contributed by atoms with van der Waals surface area (Å²) >= 11 is 0. The van der Waals surface area contributed by atoms with E-state index in [9.17, 15) is 9.59 Å². The van der Waals surface area contributed by atoms with Crippen LogP contribution in [0.2, 0.25) is 0 Å². The predicted octanol–water partition coefficient (Wildman–Crippen LogP) is 1.50. The second kappa shape index (κ2) is 3.96. The van der Waals surface area contributed by atoms with Crippen molar-refractivity contribution in [2.24, 2.45) is 0 Å². The van der Waals surface area contributed by atoms with E-state index >= 15 is 0 Å². The van der Waals surface area contributed by atoms with Crippen molar-refractivity contribution >= 4 is 11.9 Å². The van der Waals surface area contributed by atoms with Crippen molar-refractivity contribution in [2.45, 2.75) is 0 Å². The van der Waals surface area contributed by atoms with Gasteiger partial charge in [0.1, 0.15) is 17.0 Å². The van der Waals surface area contributed by atoms with Crippen molar-refractivity contribution in [2.75, 3.05) is 0 Å². The van der Waals surface area contributed by atoms with E-state index < -0.39 is 0 Å². The number of hydrogen-bond donors (Lipinski definition) is 1. The average Bonchev–Trinajstić information content (AvgIpc) is 2.79. The maximum atomic E-state index is 11.7. The lowest BCUT2D eigenvalue weighted by molar-refractivity contribution is 0.111. The number of hydrogen-bond acceptors (Lipinski definition) is 3. The van der Waals surface area contributed by atoms with Crippen LogP contribution in [0.25, 0.3) is 16.9 Å². The van der Waals surface area contributed by atoms with Crippen LogP contribution in [0.4, 0.5) is 0 Å². The van der Waals surface area contributed by atoms with Crippen LogP contribution in [0, 0.1) is 0 Å². The Morgan fingerprint density at radius 2 is 1.94 bits per heavy atom. The molecular formula is C13H9N3O2. The minimum absolute atomic E-state index is 0.262. The average molecular weight is 239 g/mol. The Balaban J connectivity index is 2.41. The van der Waals surface area contributed by atoms with Gasteiger partial charge in [0.25, 0.3) is 0 Å². The number of aromatic amines is 1. The zero-order valence-electron chi connectivity index (χ0n) is 9.33. The largest absolute Gasteiger partial charge is 0.331 e. The first-order chi connectivity index (χ1) is 8.81. The summed E-state index contributed by atoms with van der Waals surface area (Å²) in [5.41, 5.74) is 1.67. The molecule has 0 spiro atoms. The number of imidazole rings is 1. The summed E-state index contributed by atoms with van der Waals surface area (Å²) in [6.45, 7) is 0. The van der Waals surface area contributed by atoms with E-state index in [1.165, 1.54) is 10.6 Å². The third-order valence-corrected chi connectivity index (χ3v) is 2.74. The van der Waals surface area contributed by atoms with Crippen LogP contribution in [-0.2, 0) is 0 Å². The minimum atomic E-state index is -0.371. The maximum absolute atomic E-state index is 11.7. The highest BCUT2D eigenvalue weighted by molar-refractivity contribution is 5.86. The molecule has 1 N–H and O–H groups in total. The number of aldehydes is 1. The summed E-state index contributed by atoms with van der Waals surface area (Å²) < 4.78 is 1.27. The quantitative estimate of drug-likeness (QED) is 0.689. The first-order valence-corrected chi connectivity index (χ1v) is 5.42. The molecule has 0 aliphatic carbocycles. The standard InChI is InChI=1S/C13H9N3O2/c17-8-10-12(9-4-2-1-3-5-9)15-11-6-7-14-13(18)16(10)11/h1-8H,(H,14,18). The lowest BCUT2D eigenvalue weighted by atomic mass is 10.1. The minimum Gasteiger partial charge on any atom is -0.314 e. The predicted molar refractivity (Wildman–Crippen MR) is 66.6 cm³/mol. The Hall–Kier alpha value is -2.69. The molecule has 0 saturated heterocycles. The van der Waals surface area contributed by atoms with Gasteiger partial charge in [-0.2, -0.15) is 0 Å². The molecule has 18 heavy (non-hydrogen) atoms. The van der Waals surface area contributed by atoms with Gasteiger partial charge in [-0.3, -0.25) is 4.79 Å². The van der Waals surface area contributed by atoms with Gasteiger partial charge < -0.3 is 4.98 Å². The van der Waals surface area contributed by atoms with Gasteiger partial charge in [0.05, 0.1) is 0 Å². The number of carbonyl (C=O) groups excluding carboxylic acids is 1. The van der Waals surface area contributed by atoms with Crippen LogP contribution in [0.15, 0.2) is 47.4 Å². The van der Waals surface area contributed by atoms with Crippen molar-refractivity contribution in [1.29, 1.82) is 0 Å². The van der Waals surface area contributed by atoms with Crippen LogP contribution in [0.1, 0.15) is 10.5 Å². The van der Waals surface area contributed by atoms with Crippen LogP contribution < -0.4 is 5.69 Å². The molecule has 0 fully saturated rings. The molecule has 2 heterocycles. The van der Waals surface area contributed by atoms with E-state index in [0.717, 1.165) is 5.56 Å². The molecule has 0 saturated carbocycles. The molecule has 0 aliphatic rings. The van der Waals surface area contributed by atoms with Crippen molar-refractivity contribution in [3.8, 4) is 11.3 Å². The zero-order valence-corrected chi connectivity index (χ0v) is 9.33. The van der Waals surface area contributed by atoms with Gasteiger partial charge in [0.2, 0.25) is 0 Å². The van der Waals surface area contributed by atoms with Crippen molar-refractivity contribution in [3.63, 3.8) is 0 Å². The van der Waals surface area contributed by atoms with Crippen LogP contribution in [0.5, 0.6) is 0 Å². The number of aromatic nitrogens is 3. The molecule has 0 bridgehead atoms. The highest BCUT2D eigenvalue weighted by atomic mass is 16.1. The SMILES string of the molecule is O=Cc1c(-c2ccccc2)nc2cc[nH]c(=O)n12. The molecule has 0 aliphatic heterocycles. The second-order valence-corrected chi connectivity index (χ2v) is 3.81. The monoisotopic (exact) mass is 239 g/mol. The van der Waals surface area contributed by atoms with Crippen molar-refractivity contribution in [1.82, 2.24) is 14.4 Å². The highest BCUT2D eigenvalue weighted by Gasteiger charge is 2.14. The number of carbonyl (C=O) groups is 1. The molecule has 0 amide bonds. The van der Waals surface area contributed by atoms with Gasteiger partial charge in [-0.1, -0.05) is 30.3 Å². The lowest BCUT2D eigenvalue weighted by Gasteiger charge is -1.96. The lowest BCUT2D eigenvalue weighted by Crippen LogP contribution is -2.17. The van der Waals surface area contributed by atoms with Gasteiger partial charge in [0.15, 0.2) is 6.29 Å². The topological polar surface area (TPSA) is 67.2 Å². The van der Waals surface area contributed by atoms with Crippen molar-refractivity contribution in [3.05, 3.63) is 58.8 Å². The van der Waals surface area contributed by atoms with Crippen LogP contribution >= 0.6 is 0 Å². The molecular weight excluding hydrogens is 230 g/mol. The van der Waals surface area contributed by atoms with E-state index in [1.807, 2.05) is 30.3 Å². The smallest absolute Gasteiger partial charge is 0.314 e. The Labute approximate surface area is 102 Å². The van der Waals surface area contributed by atoms with Crippen LogP contribution in [0.3, 0.4) is 0 Å². The summed E-state index contributed by atoms with van der Waals surface area (Å²) in [6.07, 6.45) is 2.16. The summed E-state index contributed by atoms with van der Waals surface area (Å²) in [7, 11) is 0. The van der Waals surface area contributed by atoms with Crippen molar-refractivity contribution < 1.29 is 4.79 Å². The third kappa shape index (κ3) is 1.45. The Morgan fingerprint density at radius 3 is 2.67 bits per heavy atom. The fraction of sp³-hybridized carbons (Fsp3) is 0. The van der Waals surface area contributed by atoms with E-state index in [1.54, 1.807) is 6.07 Å². The summed E-state index contributed by atoms with van der Waals surface area (Å²) in [5.74, 6) is 0. The molecule has 5 heteroatoms. The first kappa shape index (κ1) is 10.5. The van der Waals surface area contributed by atoms with Gasteiger partial charge in [-0.15, -0.1) is 0 Å². The molecule has 2 aromatic heterocycles. The fourth-order valence-electron chi connectivity index (χ4n) is 1.95. The molecule has 0 atom stereocenters. The number of H-pyrrole nitrogens is 1. The van der Waals surface area contributed by atoms with E-state index in [2.05, 4.69) is 9.97 Å². The number of nitrogens with zero attached hydrogens (tertiary/aromatic N) is 2. The molecule has 1 aromatic carbocycles. The van der Waals surface area contributed by atoms with Gasteiger partial charge in [-0.25, -0.2) is 14.2 Å². The summed E-state index contributed by atoms with van der Waals surface area (Å²) in [4.78, 5) is 29.8. The van der Waals surface area contributed by atoms with E-state index in [4.69, 9.17) is 0 Å². The fourth-order valence-corrected chi connectivity index (χ4v) is 1.95. The number of fused-ring (bicyclic) bond motifs is 1. The Bertz CT molecular complexity index is 772. The highest BCUT2D eigenvalue weighted by Crippen LogP contribution is 2.21. The second-order valence-electron chi connectivity index (χ2n) is 3.81. The molecule has 5 nitrogen and oxygen atoms in total. The van der Waals surface area contributed by atoms with E-state index in [0.29, 0.717) is 17.6 Å². The molecule has 88 valence electrons. The van der Waals surface area contributed by atoms with Crippen LogP contribution in [-0.4, -0.2) is 20.7 Å². The Kier molecular flexibility index (Phi) is 2.30. The zero-order chi connectivity index (χ0) is 12.5. The first-order valence-electron chi connectivity index (χ1n) is 5.42. The number of benzene rings is 1. The summed E-state index contributed by atoms with van der Waals surface area (Å²) in [6, 6.07) is 11.0. The molecule has 3 rings (SSSR count). The third-order valence-electron chi connectivity index (χ3n) is 2.74. The number of nitrogens with one attached hydrogen (secondary N) is 1. The normalized spacial score (nSPS) is 10.7. The summed E-state index contributed by atoms with van der Waals surface area (Å²) in [5, 5.41) is 0. The van der Waals surface area contributed by atoms with Gasteiger partial charge in [-0.05, 0) is 6.07 Å². The molecule has 0 unspecified atom stereocenters. The van der Waals surface area contributed by atoms with E-state index in [-0.39, 0.29) is 11.4 Å². The molecule has 0 radical (unpaired) electrons. The maximum Gasteiger partial charge on any atom is 0.331 e.